The summed E-state index contributed by atoms with van der Waals surface area (Å²) < 4.78 is 6.27. The van der Waals surface area contributed by atoms with Gasteiger partial charge in [-0.25, -0.2) is 9.78 Å². The molecule has 0 aliphatic rings. The first-order chi connectivity index (χ1) is 10.5. The van der Waals surface area contributed by atoms with Crippen LogP contribution in [0.2, 0.25) is 0 Å². The molecule has 0 bridgehead atoms. The van der Waals surface area contributed by atoms with E-state index in [0.717, 1.165) is 6.20 Å². The number of methoxy groups -OCH3 is 1. The standard InChI is InChI=1S/C13H13N5O4/c1-17-8-9(5-11(17)13(19)22-2)6-15-16-12-4-3-10(7-14-12)18(20)21/h3-8H,1-2H3,(H,14,16). The smallest absolute Gasteiger partial charge is 0.354 e. The van der Waals surface area contributed by atoms with Crippen LogP contribution in [0.3, 0.4) is 0 Å². The summed E-state index contributed by atoms with van der Waals surface area (Å²) in [4.78, 5) is 25.3. The van der Waals surface area contributed by atoms with E-state index in [1.165, 1.54) is 25.5 Å². The van der Waals surface area contributed by atoms with Crippen molar-refractivity contribution in [1.29, 1.82) is 0 Å². The van der Waals surface area contributed by atoms with Crippen LogP contribution in [0.1, 0.15) is 16.1 Å². The Hall–Kier alpha value is -3.23. The van der Waals surface area contributed by atoms with Crippen LogP contribution in [0.4, 0.5) is 11.5 Å². The minimum Gasteiger partial charge on any atom is -0.464 e. The van der Waals surface area contributed by atoms with Gasteiger partial charge >= 0.3 is 5.97 Å². The monoisotopic (exact) mass is 303 g/mol. The number of pyridine rings is 1. The first kappa shape index (κ1) is 15.2. The lowest BCUT2D eigenvalue weighted by Crippen LogP contribution is -2.06. The second-order valence-corrected chi connectivity index (χ2v) is 4.29. The fourth-order valence-corrected chi connectivity index (χ4v) is 1.70. The third kappa shape index (κ3) is 3.45. The highest BCUT2D eigenvalue weighted by Crippen LogP contribution is 2.12. The van der Waals surface area contributed by atoms with Crippen LogP contribution in [0, 0.1) is 10.1 Å². The van der Waals surface area contributed by atoms with Crippen LogP contribution in [-0.2, 0) is 11.8 Å². The number of carbonyl (C=O) groups is 1. The van der Waals surface area contributed by atoms with Gasteiger partial charge in [0.05, 0.1) is 18.2 Å². The number of aromatic nitrogens is 2. The largest absolute Gasteiger partial charge is 0.464 e. The van der Waals surface area contributed by atoms with Gasteiger partial charge in [0, 0.05) is 24.9 Å². The van der Waals surface area contributed by atoms with Crippen molar-refractivity contribution in [3.63, 3.8) is 0 Å². The Kier molecular flexibility index (Phi) is 4.47. The maximum Gasteiger partial charge on any atom is 0.354 e. The number of carbonyl (C=O) groups excluding carboxylic acids is 1. The number of hydrogen-bond acceptors (Lipinski definition) is 7. The molecule has 0 aliphatic heterocycles. The molecule has 0 atom stereocenters. The molecule has 0 saturated carbocycles. The molecule has 0 spiro atoms. The predicted octanol–water partition coefficient (Wildman–Crippen LogP) is 1.56. The Balaban J connectivity index is 2.03. The van der Waals surface area contributed by atoms with E-state index in [1.54, 1.807) is 23.9 Å². The quantitative estimate of drug-likeness (QED) is 0.388. The Morgan fingerprint density at radius 3 is 2.91 bits per heavy atom. The summed E-state index contributed by atoms with van der Waals surface area (Å²) in [5.74, 6) is -0.0712. The summed E-state index contributed by atoms with van der Waals surface area (Å²) in [6.45, 7) is 0. The van der Waals surface area contributed by atoms with Crippen molar-refractivity contribution in [2.24, 2.45) is 12.1 Å². The van der Waals surface area contributed by atoms with Crippen LogP contribution in [0.25, 0.3) is 0 Å². The number of nitrogens with one attached hydrogen (secondary N) is 1. The summed E-state index contributed by atoms with van der Waals surface area (Å²) in [7, 11) is 3.03. The van der Waals surface area contributed by atoms with E-state index in [0.29, 0.717) is 17.1 Å². The van der Waals surface area contributed by atoms with E-state index in [1.807, 2.05) is 0 Å². The lowest BCUT2D eigenvalue weighted by atomic mass is 10.3. The third-order valence-electron chi connectivity index (χ3n) is 2.77. The third-order valence-corrected chi connectivity index (χ3v) is 2.77. The summed E-state index contributed by atoms with van der Waals surface area (Å²) in [6, 6.07) is 4.39. The zero-order valence-electron chi connectivity index (χ0n) is 11.9. The molecule has 0 radical (unpaired) electrons. The molecule has 2 aromatic heterocycles. The van der Waals surface area contributed by atoms with Gasteiger partial charge in [0.25, 0.3) is 5.69 Å². The zero-order valence-corrected chi connectivity index (χ0v) is 11.9. The predicted molar refractivity (Wildman–Crippen MR) is 78.9 cm³/mol. The number of anilines is 1. The summed E-state index contributed by atoms with van der Waals surface area (Å²) in [5.41, 5.74) is 3.64. The van der Waals surface area contributed by atoms with Gasteiger partial charge in [-0.3, -0.25) is 15.5 Å². The van der Waals surface area contributed by atoms with Crippen molar-refractivity contribution in [3.05, 3.63) is 52.0 Å². The van der Waals surface area contributed by atoms with Crippen molar-refractivity contribution in [2.75, 3.05) is 12.5 Å². The van der Waals surface area contributed by atoms with Crippen LogP contribution in [0.5, 0.6) is 0 Å². The molecular formula is C13H13N5O4. The number of rotatable bonds is 5. The summed E-state index contributed by atoms with van der Waals surface area (Å²) in [6.07, 6.45) is 4.34. The van der Waals surface area contributed by atoms with E-state index in [4.69, 9.17) is 0 Å². The molecule has 0 saturated heterocycles. The van der Waals surface area contributed by atoms with Crippen LogP contribution in [-0.4, -0.2) is 33.8 Å². The average Bonchev–Trinajstić information content (AvgIpc) is 2.88. The molecular weight excluding hydrogens is 290 g/mol. The van der Waals surface area contributed by atoms with Crippen molar-refractivity contribution >= 4 is 23.7 Å². The minimum absolute atomic E-state index is 0.0969. The molecule has 0 aromatic carbocycles. The lowest BCUT2D eigenvalue weighted by Gasteiger charge is -1.98. The van der Waals surface area contributed by atoms with Crippen LogP contribution < -0.4 is 5.43 Å². The van der Waals surface area contributed by atoms with Gasteiger partial charge in [-0.15, -0.1) is 0 Å². The minimum atomic E-state index is -0.529. The normalized spacial score (nSPS) is 10.6. The number of hydrogen-bond donors (Lipinski definition) is 1. The molecule has 2 rings (SSSR count). The molecule has 9 heteroatoms. The number of aryl methyl sites for hydroxylation is 1. The van der Waals surface area contributed by atoms with Crippen molar-refractivity contribution in [3.8, 4) is 0 Å². The van der Waals surface area contributed by atoms with Gasteiger partial charge in [0.1, 0.15) is 17.7 Å². The van der Waals surface area contributed by atoms with Gasteiger partial charge < -0.3 is 9.30 Å². The van der Waals surface area contributed by atoms with Gasteiger partial charge in [0.15, 0.2) is 0 Å². The van der Waals surface area contributed by atoms with Crippen LogP contribution in [0.15, 0.2) is 35.7 Å². The summed E-state index contributed by atoms with van der Waals surface area (Å²) >= 11 is 0. The molecule has 114 valence electrons. The summed E-state index contributed by atoms with van der Waals surface area (Å²) in [5, 5.41) is 14.5. The zero-order chi connectivity index (χ0) is 16.1. The first-order valence-corrected chi connectivity index (χ1v) is 6.15. The maximum atomic E-state index is 11.5. The van der Waals surface area contributed by atoms with Gasteiger partial charge in [-0.1, -0.05) is 0 Å². The molecule has 0 fully saturated rings. The first-order valence-electron chi connectivity index (χ1n) is 6.15. The highest BCUT2D eigenvalue weighted by atomic mass is 16.6. The Morgan fingerprint density at radius 1 is 1.55 bits per heavy atom. The second-order valence-electron chi connectivity index (χ2n) is 4.29. The lowest BCUT2D eigenvalue weighted by molar-refractivity contribution is -0.385. The Morgan fingerprint density at radius 2 is 2.32 bits per heavy atom. The van der Waals surface area contributed by atoms with Gasteiger partial charge in [-0.05, 0) is 12.1 Å². The van der Waals surface area contributed by atoms with Gasteiger partial charge in [0.2, 0.25) is 0 Å². The molecule has 22 heavy (non-hydrogen) atoms. The number of nitro groups is 1. The maximum absolute atomic E-state index is 11.5. The van der Waals surface area contributed by atoms with Crippen molar-refractivity contribution in [1.82, 2.24) is 9.55 Å². The van der Waals surface area contributed by atoms with E-state index < -0.39 is 10.9 Å². The SMILES string of the molecule is COC(=O)c1cc(C=NNc2ccc([N+](=O)[O-])cn2)cn1C. The molecule has 0 aliphatic carbocycles. The van der Waals surface area contributed by atoms with Crippen molar-refractivity contribution < 1.29 is 14.5 Å². The number of nitrogens with zero attached hydrogens (tertiary/aromatic N) is 4. The fourth-order valence-electron chi connectivity index (χ4n) is 1.70. The topological polar surface area (TPSA) is 112 Å². The molecule has 1 N–H and O–H groups in total. The van der Waals surface area contributed by atoms with Crippen LogP contribution >= 0.6 is 0 Å². The molecule has 0 amide bonds. The average molecular weight is 303 g/mol. The van der Waals surface area contributed by atoms with E-state index in [9.17, 15) is 14.9 Å². The molecule has 2 aromatic rings. The Labute approximate surface area is 125 Å². The highest BCUT2D eigenvalue weighted by Gasteiger charge is 2.10. The van der Waals surface area contributed by atoms with E-state index in [2.05, 4.69) is 20.2 Å². The highest BCUT2D eigenvalue weighted by molar-refractivity contribution is 5.91. The number of hydrazone groups is 1. The Bertz CT molecular complexity index is 721. The second kappa shape index (κ2) is 6.48. The number of ether oxygens (including phenoxy) is 1. The van der Waals surface area contributed by atoms with Gasteiger partial charge in [-0.2, -0.15) is 5.10 Å². The van der Waals surface area contributed by atoms with E-state index >= 15 is 0 Å². The van der Waals surface area contributed by atoms with Crippen molar-refractivity contribution in [2.45, 2.75) is 0 Å². The molecule has 9 nitrogen and oxygen atoms in total. The number of esters is 1. The fraction of sp³-hybridized carbons (Fsp3) is 0.154. The van der Waals surface area contributed by atoms with E-state index in [-0.39, 0.29) is 5.69 Å². The molecule has 2 heterocycles. The molecule has 0 unspecified atom stereocenters.